The van der Waals surface area contributed by atoms with Crippen molar-refractivity contribution in [2.24, 2.45) is 0 Å². The summed E-state index contributed by atoms with van der Waals surface area (Å²) in [6, 6.07) is 17.3. The fourth-order valence-electron chi connectivity index (χ4n) is 2.66. The number of aromatic nitrogens is 2. The number of thiophene rings is 1. The smallest absolute Gasteiger partial charge is 0.260 e. The van der Waals surface area contributed by atoms with E-state index in [9.17, 15) is 4.79 Å². The Bertz CT molecular complexity index is 1070. The number of hydrogen-bond acceptors (Lipinski definition) is 4. The molecule has 0 spiro atoms. The van der Waals surface area contributed by atoms with Gasteiger partial charge in [-0.1, -0.05) is 41.9 Å². The molecule has 0 atom stereocenters. The van der Waals surface area contributed by atoms with Crippen LogP contribution in [0, 0.1) is 0 Å². The van der Waals surface area contributed by atoms with Gasteiger partial charge in [0.2, 0.25) is 0 Å². The molecule has 6 heteroatoms. The normalized spacial score (nSPS) is 10.9. The number of aromatic amines is 1. The van der Waals surface area contributed by atoms with E-state index < -0.39 is 0 Å². The highest BCUT2D eigenvalue weighted by Gasteiger charge is 2.12. The zero-order valence-electron chi connectivity index (χ0n) is 13.1. The van der Waals surface area contributed by atoms with Crippen LogP contribution in [-0.4, -0.2) is 9.97 Å². The molecule has 0 saturated heterocycles. The summed E-state index contributed by atoms with van der Waals surface area (Å²) < 4.78 is 0. The van der Waals surface area contributed by atoms with Gasteiger partial charge >= 0.3 is 0 Å². The first kappa shape index (κ1) is 15.9. The molecule has 0 aliphatic rings. The van der Waals surface area contributed by atoms with Gasteiger partial charge in [-0.2, -0.15) is 0 Å². The van der Waals surface area contributed by atoms with Crippen molar-refractivity contribution in [3.8, 4) is 11.1 Å². The topological polar surface area (TPSA) is 57.8 Å². The second kappa shape index (κ2) is 6.70. The van der Waals surface area contributed by atoms with Gasteiger partial charge in [-0.05, 0) is 29.8 Å². The number of fused-ring (bicyclic) bond motifs is 1. The minimum Gasteiger partial charge on any atom is -0.378 e. The molecule has 2 aromatic heterocycles. The summed E-state index contributed by atoms with van der Waals surface area (Å²) >= 11 is 7.37. The number of anilines is 1. The Hall–Kier alpha value is -2.63. The molecule has 2 heterocycles. The highest BCUT2D eigenvalue weighted by atomic mass is 35.5. The van der Waals surface area contributed by atoms with Crippen LogP contribution in [0.2, 0.25) is 5.02 Å². The zero-order valence-corrected chi connectivity index (χ0v) is 14.7. The standard InChI is InChI=1S/C19H14ClN3OS/c20-13-6-8-14(9-7-13)21-10-16-22-18(24)17-15(11-25-19(17)23-16)12-4-2-1-3-5-12/h1-9,11,21H,10H2,(H,22,23,24). The van der Waals surface area contributed by atoms with Crippen molar-refractivity contribution in [1.82, 2.24) is 9.97 Å². The van der Waals surface area contributed by atoms with E-state index in [1.807, 2.05) is 60.0 Å². The Kier molecular flexibility index (Phi) is 4.26. The fourth-order valence-corrected chi connectivity index (χ4v) is 3.75. The molecule has 4 aromatic rings. The number of hydrogen-bond donors (Lipinski definition) is 2. The largest absolute Gasteiger partial charge is 0.378 e. The molecule has 0 fully saturated rings. The van der Waals surface area contributed by atoms with Crippen LogP contribution in [0.25, 0.3) is 21.3 Å². The third kappa shape index (κ3) is 3.29. The van der Waals surface area contributed by atoms with E-state index >= 15 is 0 Å². The first-order valence-corrected chi connectivity index (χ1v) is 9.02. The maximum absolute atomic E-state index is 12.6. The van der Waals surface area contributed by atoms with Gasteiger partial charge in [0.1, 0.15) is 10.7 Å². The minimum atomic E-state index is -0.113. The molecule has 124 valence electrons. The van der Waals surface area contributed by atoms with Crippen molar-refractivity contribution < 1.29 is 0 Å². The van der Waals surface area contributed by atoms with Crippen LogP contribution in [0.5, 0.6) is 0 Å². The van der Waals surface area contributed by atoms with Gasteiger partial charge in [0.05, 0.1) is 11.9 Å². The van der Waals surface area contributed by atoms with E-state index in [0.717, 1.165) is 21.6 Å². The Morgan fingerprint density at radius 2 is 1.84 bits per heavy atom. The lowest BCUT2D eigenvalue weighted by Crippen LogP contribution is -2.14. The molecule has 4 nitrogen and oxygen atoms in total. The van der Waals surface area contributed by atoms with Crippen molar-refractivity contribution in [3.05, 3.63) is 81.2 Å². The summed E-state index contributed by atoms with van der Waals surface area (Å²) in [6.45, 7) is 0.436. The van der Waals surface area contributed by atoms with Crippen LogP contribution in [0.15, 0.2) is 64.8 Å². The third-order valence-corrected chi connectivity index (χ3v) is 5.01. The first-order chi connectivity index (χ1) is 12.2. The second-order valence-electron chi connectivity index (χ2n) is 5.57. The van der Waals surface area contributed by atoms with Gasteiger partial charge in [0.15, 0.2) is 0 Å². The highest BCUT2D eigenvalue weighted by molar-refractivity contribution is 7.17. The van der Waals surface area contributed by atoms with Gasteiger partial charge in [-0.25, -0.2) is 4.98 Å². The number of halogens is 1. The molecule has 4 rings (SSSR count). The van der Waals surface area contributed by atoms with Crippen molar-refractivity contribution in [2.75, 3.05) is 5.32 Å². The van der Waals surface area contributed by atoms with Crippen LogP contribution in [0.1, 0.15) is 5.82 Å². The monoisotopic (exact) mass is 367 g/mol. The van der Waals surface area contributed by atoms with E-state index in [1.54, 1.807) is 0 Å². The lowest BCUT2D eigenvalue weighted by atomic mass is 10.1. The molecule has 0 bridgehead atoms. The molecule has 0 saturated carbocycles. The van der Waals surface area contributed by atoms with Crippen LogP contribution >= 0.6 is 22.9 Å². The molecular formula is C19H14ClN3OS. The predicted octanol–water partition coefficient (Wildman–Crippen LogP) is 4.92. The predicted molar refractivity (Wildman–Crippen MR) is 104 cm³/mol. The van der Waals surface area contributed by atoms with E-state index in [1.165, 1.54) is 11.3 Å². The second-order valence-corrected chi connectivity index (χ2v) is 6.86. The van der Waals surface area contributed by atoms with Crippen molar-refractivity contribution >= 4 is 38.8 Å². The zero-order chi connectivity index (χ0) is 17.2. The molecule has 0 aliphatic carbocycles. The summed E-state index contributed by atoms with van der Waals surface area (Å²) in [6.07, 6.45) is 0. The fraction of sp³-hybridized carbons (Fsp3) is 0.0526. The number of rotatable bonds is 4. The van der Waals surface area contributed by atoms with Crippen molar-refractivity contribution in [2.45, 2.75) is 6.54 Å². The summed E-state index contributed by atoms with van der Waals surface area (Å²) in [5.41, 5.74) is 2.75. The van der Waals surface area contributed by atoms with Crippen LogP contribution < -0.4 is 10.9 Å². The summed E-state index contributed by atoms with van der Waals surface area (Å²) in [5.74, 6) is 0.605. The van der Waals surface area contributed by atoms with Gasteiger partial charge in [-0.15, -0.1) is 11.3 Å². The third-order valence-electron chi connectivity index (χ3n) is 3.88. The summed E-state index contributed by atoms with van der Waals surface area (Å²) in [4.78, 5) is 20.8. The molecular weight excluding hydrogens is 354 g/mol. The molecule has 2 N–H and O–H groups in total. The molecule has 0 amide bonds. The van der Waals surface area contributed by atoms with Gasteiger partial charge in [0.25, 0.3) is 5.56 Å². The molecule has 2 aromatic carbocycles. The van der Waals surface area contributed by atoms with Crippen molar-refractivity contribution in [1.29, 1.82) is 0 Å². The van der Waals surface area contributed by atoms with Gasteiger partial charge in [-0.3, -0.25) is 4.79 Å². The van der Waals surface area contributed by atoms with E-state index in [-0.39, 0.29) is 5.56 Å². The highest BCUT2D eigenvalue weighted by Crippen LogP contribution is 2.30. The van der Waals surface area contributed by atoms with Crippen LogP contribution in [0.4, 0.5) is 5.69 Å². The lowest BCUT2D eigenvalue weighted by Gasteiger charge is -2.06. The molecule has 0 radical (unpaired) electrons. The number of nitrogens with one attached hydrogen (secondary N) is 2. The maximum Gasteiger partial charge on any atom is 0.260 e. The number of nitrogens with zero attached hydrogens (tertiary/aromatic N) is 1. The Morgan fingerprint density at radius 3 is 2.60 bits per heavy atom. The summed E-state index contributed by atoms with van der Waals surface area (Å²) in [7, 11) is 0. The quantitative estimate of drug-likeness (QED) is 0.538. The summed E-state index contributed by atoms with van der Waals surface area (Å²) in [5, 5.41) is 6.55. The van der Waals surface area contributed by atoms with Gasteiger partial charge < -0.3 is 10.3 Å². The Morgan fingerprint density at radius 1 is 1.08 bits per heavy atom. The maximum atomic E-state index is 12.6. The van der Waals surface area contributed by atoms with Crippen LogP contribution in [-0.2, 0) is 6.54 Å². The minimum absolute atomic E-state index is 0.113. The van der Waals surface area contributed by atoms with E-state index in [4.69, 9.17) is 11.6 Å². The van der Waals surface area contributed by atoms with Crippen LogP contribution in [0.3, 0.4) is 0 Å². The SMILES string of the molecule is O=c1[nH]c(CNc2ccc(Cl)cc2)nc2scc(-c3ccccc3)c12. The molecule has 0 aliphatic heterocycles. The number of benzene rings is 2. The molecule has 25 heavy (non-hydrogen) atoms. The number of H-pyrrole nitrogens is 1. The van der Waals surface area contributed by atoms with E-state index in [2.05, 4.69) is 15.3 Å². The van der Waals surface area contributed by atoms with Crippen molar-refractivity contribution in [3.63, 3.8) is 0 Å². The first-order valence-electron chi connectivity index (χ1n) is 7.76. The lowest BCUT2D eigenvalue weighted by molar-refractivity contribution is 0.957. The Labute approximate surface area is 153 Å². The van der Waals surface area contributed by atoms with Gasteiger partial charge in [0, 0.05) is 21.7 Å². The molecule has 0 unspecified atom stereocenters. The Balaban J connectivity index is 1.64. The van der Waals surface area contributed by atoms with E-state index in [0.29, 0.717) is 22.8 Å². The average molecular weight is 368 g/mol. The average Bonchev–Trinajstić information content (AvgIpc) is 3.07.